The highest BCUT2D eigenvalue weighted by molar-refractivity contribution is 5.81. The topological polar surface area (TPSA) is 98.6 Å². The summed E-state index contributed by atoms with van der Waals surface area (Å²) in [6.07, 6.45) is 1.65. The summed E-state index contributed by atoms with van der Waals surface area (Å²) in [5.74, 6) is -1.50. The van der Waals surface area contributed by atoms with Crippen LogP contribution < -0.4 is 5.76 Å². The third-order valence-electron chi connectivity index (χ3n) is 4.76. The number of amides is 1. The van der Waals surface area contributed by atoms with E-state index >= 15 is 0 Å². The van der Waals surface area contributed by atoms with Crippen LogP contribution in [0.15, 0.2) is 51.7 Å². The average Bonchev–Trinajstić information content (AvgIpc) is 3.45. The molecule has 0 aliphatic heterocycles. The van der Waals surface area contributed by atoms with E-state index < -0.39 is 10.7 Å². The Hall–Kier alpha value is -3.49. The minimum Gasteiger partial charge on any atom is -0.407 e. The van der Waals surface area contributed by atoms with Crippen LogP contribution in [0, 0.1) is 15.9 Å². The lowest BCUT2D eigenvalue weighted by Crippen LogP contribution is -2.37. The molecule has 0 radical (unpaired) electrons. The number of hydrogen-bond donors (Lipinski definition) is 0. The molecule has 1 aromatic heterocycles. The maximum atomic E-state index is 14.0. The fourth-order valence-corrected chi connectivity index (χ4v) is 3.16. The molecule has 28 heavy (non-hydrogen) atoms. The first-order chi connectivity index (χ1) is 13.4. The van der Waals surface area contributed by atoms with E-state index in [-0.39, 0.29) is 42.1 Å². The zero-order valence-corrected chi connectivity index (χ0v) is 14.7. The number of carbonyl (C=O) groups is 1. The minimum absolute atomic E-state index is 0.0158. The molecule has 1 fully saturated rings. The summed E-state index contributed by atoms with van der Waals surface area (Å²) in [5.41, 5.74) is 0.534. The van der Waals surface area contributed by atoms with Crippen molar-refractivity contribution in [1.29, 1.82) is 0 Å². The van der Waals surface area contributed by atoms with Crippen molar-refractivity contribution >= 4 is 22.7 Å². The number of nitrogens with zero attached hydrogens (tertiary/aromatic N) is 3. The number of rotatable bonds is 6. The minimum atomic E-state index is -0.773. The quantitative estimate of drug-likeness (QED) is 0.480. The fraction of sp³-hybridized carbons (Fsp3) is 0.263. The number of carbonyl (C=O) groups excluding carboxylic acids is 1. The molecule has 2 aromatic carbocycles. The van der Waals surface area contributed by atoms with E-state index in [9.17, 15) is 24.1 Å². The van der Waals surface area contributed by atoms with Gasteiger partial charge in [-0.15, -0.1) is 0 Å². The first-order valence-corrected chi connectivity index (χ1v) is 8.74. The van der Waals surface area contributed by atoms with Crippen LogP contribution in [0.4, 0.5) is 10.1 Å². The second kappa shape index (κ2) is 6.91. The lowest BCUT2D eigenvalue weighted by Gasteiger charge is -2.23. The summed E-state index contributed by atoms with van der Waals surface area (Å²) < 4.78 is 20.2. The van der Waals surface area contributed by atoms with Gasteiger partial charge in [-0.05, 0) is 25.0 Å². The normalized spacial score (nSPS) is 13.6. The molecule has 1 aliphatic rings. The summed E-state index contributed by atoms with van der Waals surface area (Å²) in [6.45, 7) is -0.166. The molecule has 3 aromatic rings. The molecular formula is C19H16FN3O5. The zero-order chi connectivity index (χ0) is 19.8. The molecular weight excluding hydrogens is 369 g/mol. The number of non-ortho nitro benzene ring substituents is 1. The predicted octanol–water partition coefficient (Wildman–Crippen LogP) is 2.83. The molecule has 8 nitrogen and oxygen atoms in total. The third-order valence-corrected chi connectivity index (χ3v) is 4.76. The Kier molecular flexibility index (Phi) is 4.42. The Morgan fingerprint density at radius 2 is 2.04 bits per heavy atom. The number of nitro benzene ring substituents is 1. The number of nitro groups is 1. The Labute approximate surface area is 157 Å². The summed E-state index contributed by atoms with van der Waals surface area (Å²) in [4.78, 5) is 36.9. The second-order valence-corrected chi connectivity index (χ2v) is 6.71. The highest BCUT2D eigenvalue weighted by atomic mass is 19.1. The van der Waals surface area contributed by atoms with Gasteiger partial charge in [-0.1, -0.05) is 18.2 Å². The van der Waals surface area contributed by atoms with Gasteiger partial charge in [0, 0.05) is 24.2 Å². The number of hydrogen-bond acceptors (Lipinski definition) is 5. The Balaban J connectivity index is 1.61. The molecule has 0 bridgehead atoms. The second-order valence-electron chi connectivity index (χ2n) is 6.71. The van der Waals surface area contributed by atoms with E-state index in [1.165, 1.54) is 18.2 Å². The SMILES string of the molecule is O=C(Cn1c(=O)oc2cc([N+](=O)[O-])ccc21)N(Cc1ccccc1F)C1CC1. The van der Waals surface area contributed by atoms with Crippen LogP contribution in [0.3, 0.4) is 0 Å². The van der Waals surface area contributed by atoms with E-state index in [1.54, 1.807) is 23.1 Å². The van der Waals surface area contributed by atoms with Crippen LogP contribution in [0.2, 0.25) is 0 Å². The number of halogens is 1. The maximum absolute atomic E-state index is 14.0. The summed E-state index contributed by atoms with van der Waals surface area (Å²) in [6, 6.07) is 10.0. The van der Waals surface area contributed by atoms with Crippen molar-refractivity contribution in [3.63, 3.8) is 0 Å². The van der Waals surface area contributed by atoms with E-state index in [4.69, 9.17) is 4.42 Å². The van der Waals surface area contributed by atoms with Crippen molar-refractivity contribution in [2.24, 2.45) is 0 Å². The number of fused-ring (bicyclic) bond motifs is 1. The fourth-order valence-electron chi connectivity index (χ4n) is 3.16. The number of benzene rings is 2. The van der Waals surface area contributed by atoms with Crippen molar-refractivity contribution in [2.45, 2.75) is 32.0 Å². The molecule has 0 N–H and O–H groups in total. The van der Waals surface area contributed by atoms with Crippen molar-refractivity contribution in [3.05, 3.63) is 74.5 Å². The molecule has 4 rings (SSSR count). The van der Waals surface area contributed by atoms with E-state index in [0.29, 0.717) is 11.1 Å². The largest absolute Gasteiger partial charge is 0.420 e. The molecule has 9 heteroatoms. The van der Waals surface area contributed by atoms with Crippen molar-refractivity contribution in [2.75, 3.05) is 0 Å². The molecule has 0 saturated heterocycles. The van der Waals surface area contributed by atoms with E-state index in [2.05, 4.69) is 0 Å². The monoisotopic (exact) mass is 385 g/mol. The molecule has 0 unspecified atom stereocenters. The number of aromatic nitrogens is 1. The molecule has 1 saturated carbocycles. The van der Waals surface area contributed by atoms with Gasteiger partial charge >= 0.3 is 5.76 Å². The first-order valence-electron chi connectivity index (χ1n) is 8.74. The number of oxazole rings is 1. The molecule has 1 amide bonds. The molecule has 0 spiro atoms. The van der Waals surface area contributed by atoms with Crippen LogP contribution in [-0.4, -0.2) is 26.3 Å². The smallest absolute Gasteiger partial charge is 0.407 e. The third kappa shape index (κ3) is 3.38. The maximum Gasteiger partial charge on any atom is 0.420 e. The Morgan fingerprint density at radius 1 is 1.29 bits per heavy atom. The zero-order valence-electron chi connectivity index (χ0n) is 14.7. The summed E-state index contributed by atoms with van der Waals surface area (Å²) >= 11 is 0. The van der Waals surface area contributed by atoms with E-state index in [1.807, 2.05) is 0 Å². The molecule has 0 atom stereocenters. The van der Waals surface area contributed by atoms with Gasteiger partial charge in [0.15, 0.2) is 5.58 Å². The van der Waals surface area contributed by atoms with Crippen LogP contribution in [0.25, 0.3) is 11.1 Å². The van der Waals surface area contributed by atoms with Crippen LogP contribution in [0.1, 0.15) is 18.4 Å². The Morgan fingerprint density at radius 3 is 2.71 bits per heavy atom. The van der Waals surface area contributed by atoms with Gasteiger partial charge < -0.3 is 9.32 Å². The highest BCUT2D eigenvalue weighted by Crippen LogP contribution is 2.29. The van der Waals surface area contributed by atoms with Crippen LogP contribution >= 0.6 is 0 Å². The van der Waals surface area contributed by atoms with Crippen molar-refractivity contribution in [1.82, 2.24) is 9.47 Å². The van der Waals surface area contributed by atoms with Crippen LogP contribution in [0.5, 0.6) is 0 Å². The van der Waals surface area contributed by atoms with Gasteiger partial charge in [0.1, 0.15) is 12.4 Å². The van der Waals surface area contributed by atoms with Gasteiger partial charge in [-0.2, -0.15) is 0 Å². The lowest BCUT2D eigenvalue weighted by atomic mass is 10.2. The van der Waals surface area contributed by atoms with Crippen molar-refractivity contribution < 1.29 is 18.5 Å². The van der Waals surface area contributed by atoms with Gasteiger partial charge in [0.25, 0.3) is 5.69 Å². The van der Waals surface area contributed by atoms with Gasteiger partial charge in [0.05, 0.1) is 16.5 Å². The molecule has 1 heterocycles. The standard InChI is InChI=1S/C19H16FN3O5/c20-15-4-2-1-3-12(15)10-21(13-5-6-13)18(24)11-22-16-8-7-14(23(26)27)9-17(16)28-19(22)25/h1-4,7-9,13H,5-6,10-11H2. The first kappa shape index (κ1) is 17.9. The van der Waals surface area contributed by atoms with Crippen molar-refractivity contribution in [3.8, 4) is 0 Å². The average molecular weight is 385 g/mol. The van der Waals surface area contributed by atoms with Crippen LogP contribution in [-0.2, 0) is 17.9 Å². The summed E-state index contributed by atoms with van der Waals surface area (Å²) in [5, 5.41) is 10.9. The Bertz CT molecular complexity index is 1130. The predicted molar refractivity (Wildman–Crippen MR) is 97.1 cm³/mol. The molecule has 1 aliphatic carbocycles. The summed E-state index contributed by atoms with van der Waals surface area (Å²) in [7, 11) is 0. The van der Waals surface area contributed by atoms with Gasteiger partial charge in [-0.3, -0.25) is 19.5 Å². The van der Waals surface area contributed by atoms with Gasteiger partial charge in [-0.25, -0.2) is 9.18 Å². The van der Waals surface area contributed by atoms with Gasteiger partial charge in [0.2, 0.25) is 5.91 Å². The van der Waals surface area contributed by atoms with E-state index in [0.717, 1.165) is 23.5 Å². The lowest BCUT2D eigenvalue weighted by molar-refractivity contribution is -0.384. The molecule has 144 valence electrons. The highest BCUT2D eigenvalue weighted by Gasteiger charge is 2.33.